The number of amides is 1. The fraction of sp³-hybridized carbons (Fsp3) is 0.500. The summed E-state index contributed by atoms with van der Waals surface area (Å²) in [5.74, 6) is 0.0892. The van der Waals surface area contributed by atoms with Crippen LogP contribution in [0.5, 0.6) is 0 Å². The number of hydrogen-bond acceptors (Lipinski definition) is 4. The van der Waals surface area contributed by atoms with Crippen LogP contribution in [0.15, 0.2) is 24.0 Å². The van der Waals surface area contributed by atoms with Gasteiger partial charge in [0.05, 0.1) is 11.1 Å². The first kappa shape index (κ1) is 17.7. The van der Waals surface area contributed by atoms with E-state index in [2.05, 4.69) is 5.32 Å². The Kier molecular flexibility index (Phi) is 4.69. The smallest absolute Gasteiger partial charge is 0.307 e. The first-order valence-corrected chi connectivity index (χ1v) is 8.80. The minimum absolute atomic E-state index is 0.153. The minimum atomic E-state index is -0.639. The van der Waals surface area contributed by atoms with Gasteiger partial charge in [-0.05, 0) is 56.6 Å². The minimum Gasteiger partial charge on any atom is -0.428 e. The zero-order chi connectivity index (χ0) is 18.2. The Bertz CT molecular complexity index is 742. The van der Waals surface area contributed by atoms with E-state index in [0.29, 0.717) is 24.2 Å². The Morgan fingerprint density at radius 1 is 1.32 bits per heavy atom. The van der Waals surface area contributed by atoms with E-state index < -0.39 is 11.5 Å². The molecule has 0 bridgehead atoms. The topological polar surface area (TPSA) is 75.6 Å². The van der Waals surface area contributed by atoms with Crippen LogP contribution in [0.25, 0.3) is 5.57 Å². The van der Waals surface area contributed by atoms with E-state index in [1.54, 1.807) is 0 Å². The predicted octanol–water partition coefficient (Wildman–Crippen LogP) is 2.63. The number of benzene rings is 1. The molecule has 3 rings (SSSR count). The second-order valence-electron chi connectivity index (χ2n) is 7.28. The molecule has 5 heteroatoms. The molecule has 1 aromatic rings. The molecule has 1 heterocycles. The normalized spacial score (nSPS) is 26.1. The maximum atomic E-state index is 12.8. The van der Waals surface area contributed by atoms with E-state index in [0.717, 1.165) is 29.5 Å². The van der Waals surface area contributed by atoms with E-state index in [4.69, 9.17) is 4.74 Å². The molecule has 0 unspecified atom stereocenters. The average Bonchev–Trinajstić information content (AvgIpc) is 2.82. The molecule has 5 nitrogen and oxygen atoms in total. The Labute approximate surface area is 148 Å². The van der Waals surface area contributed by atoms with Gasteiger partial charge in [-0.25, -0.2) is 0 Å². The van der Waals surface area contributed by atoms with E-state index in [1.165, 1.54) is 6.92 Å². The van der Waals surface area contributed by atoms with Crippen LogP contribution >= 0.6 is 0 Å². The number of carbonyl (C=O) groups is 2. The molecule has 0 saturated heterocycles. The molecule has 25 heavy (non-hydrogen) atoms. The van der Waals surface area contributed by atoms with Crippen LogP contribution in [0.4, 0.5) is 0 Å². The number of carbonyl (C=O) groups excluding carboxylic acids is 2. The third-order valence-electron chi connectivity index (χ3n) is 5.37. The summed E-state index contributed by atoms with van der Waals surface area (Å²) in [6, 6.07) is 5.94. The number of aliphatic hydroxyl groups is 1. The van der Waals surface area contributed by atoms with E-state index in [-0.39, 0.29) is 18.4 Å². The number of aliphatic hydroxyl groups excluding tert-OH is 1. The van der Waals surface area contributed by atoms with Crippen molar-refractivity contribution in [3.05, 3.63) is 40.6 Å². The van der Waals surface area contributed by atoms with Gasteiger partial charge in [-0.15, -0.1) is 0 Å². The lowest BCUT2D eigenvalue weighted by atomic mass is 9.75. The van der Waals surface area contributed by atoms with Gasteiger partial charge in [0.1, 0.15) is 5.76 Å². The second-order valence-corrected chi connectivity index (χ2v) is 7.28. The number of rotatable bonds is 3. The van der Waals surface area contributed by atoms with Gasteiger partial charge in [0.15, 0.2) is 0 Å². The molecule has 2 N–H and O–H groups in total. The molecule has 134 valence electrons. The Balaban J connectivity index is 2.11. The summed E-state index contributed by atoms with van der Waals surface area (Å²) in [7, 11) is 0. The summed E-state index contributed by atoms with van der Waals surface area (Å²) in [5, 5.41) is 12.5. The number of esters is 1. The molecule has 1 fully saturated rings. The molecule has 1 spiro atoms. The first-order valence-electron chi connectivity index (χ1n) is 8.80. The van der Waals surface area contributed by atoms with Gasteiger partial charge in [-0.2, -0.15) is 0 Å². The monoisotopic (exact) mass is 343 g/mol. The van der Waals surface area contributed by atoms with Gasteiger partial charge >= 0.3 is 5.97 Å². The van der Waals surface area contributed by atoms with Crippen molar-refractivity contribution in [3.8, 4) is 0 Å². The summed E-state index contributed by atoms with van der Waals surface area (Å²) >= 11 is 0. The van der Waals surface area contributed by atoms with Crippen LogP contribution in [0.2, 0.25) is 0 Å². The Morgan fingerprint density at radius 3 is 2.60 bits per heavy atom. The SMILES string of the molecule is CC(=O)OC1=C(c2cc(C)ccc2C)C(=O)N[C@]12CC[C@@H](CO)CC2. The standard InChI is InChI=1S/C20H25NO4/c1-12-4-5-13(2)16(10-12)17-18(25-14(3)23)20(21-19(17)24)8-6-15(11-22)7-9-20/h4-5,10,15,22H,6-9,11H2,1-3H3,(H,21,24)/t15-,20+. The molecule has 1 saturated carbocycles. The van der Waals surface area contributed by atoms with Crippen LogP contribution in [0.1, 0.15) is 49.3 Å². The van der Waals surface area contributed by atoms with Gasteiger partial charge < -0.3 is 15.2 Å². The van der Waals surface area contributed by atoms with Crippen LogP contribution in [0.3, 0.4) is 0 Å². The van der Waals surface area contributed by atoms with Crippen LogP contribution in [0, 0.1) is 19.8 Å². The number of hydrogen-bond donors (Lipinski definition) is 2. The lowest BCUT2D eigenvalue weighted by molar-refractivity contribution is -0.138. The zero-order valence-electron chi connectivity index (χ0n) is 15.0. The maximum Gasteiger partial charge on any atom is 0.307 e. The Hall–Kier alpha value is -2.14. The molecule has 2 aliphatic rings. The summed E-state index contributed by atoms with van der Waals surface area (Å²) < 4.78 is 5.60. The molecule has 1 amide bonds. The molecule has 1 aromatic carbocycles. The lowest BCUT2D eigenvalue weighted by Crippen LogP contribution is -2.48. The van der Waals surface area contributed by atoms with Gasteiger partial charge in [0.25, 0.3) is 5.91 Å². The van der Waals surface area contributed by atoms with Crippen molar-refractivity contribution in [1.82, 2.24) is 5.32 Å². The van der Waals surface area contributed by atoms with Gasteiger partial charge in [0, 0.05) is 13.5 Å². The number of ether oxygens (including phenoxy) is 1. The maximum absolute atomic E-state index is 12.8. The number of aryl methyl sites for hydroxylation is 2. The van der Waals surface area contributed by atoms with Crippen molar-refractivity contribution >= 4 is 17.4 Å². The molecule has 1 aliphatic heterocycles. The summed E-state index contributed by atoms with van der Waals surface area (Å²) in [6.07, 6.45) is 2.92. The predicted molar refractivity (Wildman–Crippen MR) is 94.5 cm³/mol. The summed E-state index contributed by atoms with van der Waals surface area (Å²) in [5.41, 5.74) is 2.67. The molecule has 0 aromatic heterocycles. The fourth-order valence-corrected chi connectivity index (χ4v) is 3.93. The highest BCUT2D eigenvalue weighted by atomic mass is 16.5. The molecule has 1 aliphatic carbocycles. The van der Waals surface area contributed by atoms with E-state index in [9.17, 15) is 14.7 Å². The quantitative estimate of drug-likeness (QED) is 0.827. The lowest BCUT2D eigenvalue weighted by Gasteiger charge is -2.37. The zero-order valence-corrected chi connectivity index (χ0v) is 15.0. The summed E-state index contributed by atoms with van der Waals surface area (Å²) in [4.78, 5) is 24.6. The highest BCUT2D eigenvalue weighted by Crippen LogP contribution is 2.45. The third-order valence-corrected chi connectivity index (χ3v) is 5.37. The highest BCUT2D eigenvalue weighted by molar-refractivity contribution is 6.24. The van der Waals surface area contributed by atoms with Crippen molar-refractivity contribution in [1.29, 1.82) is 0 Å². The Morgan fingerprint density at radius 2 is 2.00 bits per heavy atom. The van der Waals surface area contributed by atoms with Gasteiger partial charge in [0.2, 0.25) is 0 Å². The van der Waals surface area contributed by atoms with Crippen LogP contribution in [-0.4, -0.2) is 29.1 Å². The largest absolute Gasteiger partial charge is 0.428 e. The second kappa shape index (κ2) is 6.64. The fourth-order valence-electron chi connectivity index (χ4n) is 3.93. The molecular formula is C20H25NO4. The van der Waals surface area contributed by atoms with Crippen molar-refractivity contribution < 1.29 is 19.4 Å². The molecule has 0 atom stereocenters. The van der Waals surface area contributed by atoms with Gasteiger partial charge in [-0.1, -0.05) is 23.8 Å². The van der Waals surface area contributed by atoms with E-state index in [1.807, 2.05) is 32.0 Å². The molecule has 0 radical (unpaired) electrons. The van der Waals surface area contributed by atoms with Crippen molar-refractivity contribution in [3.63, 3.8) is 0 Å². The first-order chi connectivity index (χ1) is 11.9. The van der Waals surface area contributed by atoms with Crippen LogP contribution in [-0.2, 0) is 14.3 Å². The van der Waals surface area contributed by atoms with Crippen LogP contribution < -0.4 is 5.32 Å². The number of nitrogens with one attached hydrogen (secondary N) is 1. The van der Waals surface area contributed by atoms with E-state index >= 15 is 0 Å². The molecular weight excluding hydrogens is 318 g/mol. The highest BCUT2D eigenvalue weighted by Gasteiger charge is 2.49. The van der Waals surface area contributed by atoms with Crippen molar-refractivity contribution in [2.45, 2.75) is 52.0 Å². The average molecular weight is 343 g/mol. The van der Waals surface area contributed by atoms with Crippen molar-refractivity contribution in [2.75, 3.05) is 6.61 Å². The third kappa shape index (κ3) is 3.21. The summed E-state index contributed by atoms with van der Waals surface area (Å²) in [6.45, 7) is 5.45. The van der Waals surface area contributed by atoms with Gasteiger partial charge in [-0.3, -0.25) is 9.59 Å². The van der Waals surface area contributed by atoms with Crippen molar-refractivity contribution in [2.24, 2.45) is 5.92 Å².